The molecule has 6 heteroatoms. The third-order valence-corrected chi connectivity index (χ3v) is 3.45. The van der Waals surface area contributed by atoms with Gasteiger partial charge < -0.3 is 20.4 Å². The molecule has 126 valence electrons. The number of hydrogen-bond donors (Lipinski definition) is 2. The molecule has 6 nitrogen and oxygen atoms in total. The summed E-state index contributed by atoms with van der Waals surface area (Å²) in [5.74, 6) is -1.41. The third-order valence-electron chi connectivity index (χ3n) is 3.45. The summed E-state index contributed by atoms with van der Waals surface area (Å²) < 4.78 is 0. The molecule has 0 spiro atoms. The van der Waals surface area contributed by atoms with Crippen molar-refractivity contribution in [3.63, 3.8) is 0 Å². The summed E-state index contributed by atoms with van der Waals surface area (Å²) in [6.07, 6.45) is 0. The van der Waals surface area contributed by atoms with Gasteiger partial charge in [0, 0.05) is 50.9 Å². The first kappa shape index (κ1) is 17.3. The second-order valence-electron chi connectivity index (χ2n) is 5.80. The van der Waals surface area contributed by atoms with Gasteiger partial charge in [-0.1, -0.05) is 12.1 Å². The van der Waals surface area contributed by atoms with Gasteiger partial charge >= 0.3 is 11.8 Å². The number of carbonyl (C=O) groups excluding carboxylic acids is 2. The van der Waals surface area contributed by atoms with Crippen molar-refractivity contribution in [1.82, 2.24) is 0 Å². The van der Waals surface area contributed by atoms with E-state index in [2.05, 4.69) is 10.6 Å². The van der Waals surface area contributed by atoms with E-state index in [0.29, 0.717) is 11.4 Å². The van der Waals surface area contributed by atoms with E-state index in [1.807, 2.05) is 62.3 Å². The highest BCUT2D eigenvalue weighted by Gasteiger charge is 2.14. The largest absolute Gasteiger partial charge is 0.378 e. The van der Waals surface area contributed by atoms with E-state index in [1.54, 1.807) is 24.3 Å². The smallest absolute Gasteiger partial charge is 0.314 e. The number of amides is 2. The number of anilines is 4. The molecule has 2 aromatic rings. The lowest BCUT2D eigenvalue weighted by atomic mass is 10.2. The maximum absolute atomic E-state index is 12.1. The molecule has 2 aromatic carbocycles. The van der Waals surface area contributed by atoms with Crippen molar-refractivity contribution < 1.29 is 9.59 Å². The summed E-state index contributed by atoms with van der Waals surface area (Å²) in [7, 11) is 7.63. The standard InChI is InChI=1S/C18H22N4O2/c1-21(2)15-9-5-7-13(11-15)19-17(23)18(24)20-14-8-6-10-16(12-14)22(3)4/h5-12H,1-4H3,(H,19,23)(H,20,24). The first-order valence-electron chi connectivity index (χ1n) is 7.54. The van der Waals surface area contributed by atoms with Crippen LogP contribution in [0.15, 0.2) is 48.5 Å². The predicted octanol–water partition coefficient (Wildman–Crippen LogP) is 2.40. The van der Waals surface area contributed by atoms with Crippen molar-refractivity contribution in [3.8, 4) is 0 Å². The van der Waals surface area contributed by atoms with Gasteiger partial charge in [0.2, 0.25) is 0 Å². The van der Waals surface area contributed by atoms with Crippen LogP contribution < -0.4 is 20.4 Å². The number of nitrogens with zero attached hydrogens (tertiary/aromatic N) is 2. The van der Waals surface area contributed by atoms with Crippen molar-refractivity contribution in [2.24, 2.45) is 0 Å². The zero-order valence-electron chi connectivity index (χ0n) is 14.3. The molecule has 0 unspecified atom stereocenters. The van der Waals surface area contributed by atoms with Gasteiger partial charge in [-0.25, -0.2) is 0 Å². The molecule has 2 rings (SSSR count). The average molecular weight is 326 g/mol. The maximum atomic E-state index is 12.1. The number of rotatable bonds is 4. The van der Waals surface area contributed by atoms with Gasteiger partial charge in [0.05, 0.1) is 0 Å². The Morgan fingerprint density at radius 1 is 0.708 bits per heavy atom. The molecule has 0 heterocycles. The van der Waals surface area contributed by atoms with Crippen LogP contribution >= 0.6 is 0 Å². The second kappa shape index (κ2) is 7.50. The summed E-state index contributed by atoms with van der Waals surface area (Å²) in [4.78, 5) is 28.0. The van der Waals surface area contributed by atoms with Crippen LogP contribution in [0.25, 0.3) is 0 Å². The fraction of sp³-hybridized carbons (Fsp3) is 0.222. The number of nitrogens with one attached hydrogen (secondary N) is 2. The van der Waals surface area contributed by atoms with Crippen molar-refractivity contribution in [3.05, 3.63) is 48.5 Å². The first-order valence-corrected chi connectivity index (χ1v) is 7.54. The Hall–Kier alpha value is -3.02. The van der Waals surface area contributed by atoms with E-state index in [0.717, 1.165) is 11.4 Å². The van der Waals surface area contributed by atoms with E-state index in [-0.39, 0.29) is 0 Å². The molecule has 0 aromatic heterocycles. The lowest BCUT2D eigenvalue weighted by Crippen LogP contribution is -2.29. The van der Waals surface area contributed by atoms with Crippen LogP contribution in [-0.4, -0.2) is 40.0 Å². The fourth-order valence-corrected chi connectivity index (χ4v) is 2.10. The van der Waals surface area contributed by atoms with E-state index in [4.69, 9.17) is 0 Å². The third kappa shape index (κ3) is 4.49. The van der Waals surface area contributed by atoms with Crippen LogP contribution in [0.5, 0.6) is 0 Å². The topological polar surface area (TPSA) is 64.7 Å². The van der Waals surface area contributed by atoms with Crippen LogP contribution in [0.4, 0.5) is 22.7 Å². The molecule has 0 aliphatic rings. The molecule has 0 saturated carbocycles. The Kier molecular flexibility index (Phi) is 5.42. The Bertz CT molecular complexity index is 678. The van der Waals surface area contributed by atoms with E-state index >= 15 is 0 Å². The fourth-order valence-electron chi connectivity index (χ4n) is 2.10. The summed E-state index contributed by atoms with van der Waals surface area (Å²) in [6.45, 7) is 0. The van der Waals surface area contributed by atoms with Gasteiger partial charge in [-0.05, 0) is 36.4 Å². The van der Waals surface area contributed by atoms with Crippen LogP contribution in [0.3, 0.4) is 0 Å². The quantitative estimate of drug-likeness (QED) is 0.847. The Morgan fingerprint density at radius 2 is 1.08 bits per heavy atom. The minimum atomic E-state index is -0.707. The monoisotopic (exact) mass is 326 g/mol. The molecular formula is C18H22N4O2. The van der Waals surface area contributed by atoms with Crippen LogP contribution in [-0.2, 0) is 9.59 Å². The summed E-state index contributed by atoms with van der Waals surface area (Å²) in [6, 6.07) is 14.6. The Labute approximate surface area is 142 Å². The molecular weight excluding hydrogens is 304 g/mol. The minimum absolute atomic E-state index is 0.573. The number of hydrogen-bond acceptors (Lipinski definition) is 4. The molecule has 0 aliphatic carbocycles. The zero-order valence-corrected chi connectivity index (χ0v) is 14.3. The minimum Gasteiger partial charge on any atom is -0.378 e. The molecule has 0 saturated heterocycles. The molecule has 0 fully saturated rings. The van der Waals surface area contributed by atoms with Crippen LogP contribution in [0.1, 0.15) is 0 Å². The van der Waals surface area contributed by atoms with Crippen LogP contribution in [0, 0.1) is 0 Å². The van der Waals surface area contributed by atoms with Gasteiger partial charge in [-0.3, -0.25) is 9.59 Å². The molecule has 2 N–H and O–H groups in total. The van der Waals surface area contributed by atoms with Crippen molar-refractivity contribution in [1.29, 1.82) is 0 Å². The number of carbonyl (C=O) groups is 2. The molecule has 2 amide bonds. The SMILES string of the molecule is CN(C)c1cccc(NC(=O)C(=O)Nc2cccc(N(C)C)c2)c1. The molecule has 0 atom stereocenters. The first-order chi connectivity index (χ1) is 11.4. The van der Waals surface area contributed by atoms with Crippen molar-refractivity contribution in [2.75, 3.05) is 48.6 Å². The maximum Gasteiger partial charge on any atom is 0.314 e. The van der Waals surface area contributed by atoms with Crippen LogP contribution in [0.2, 0.25) is 0 Å². The highest BCUT2D eigenvalue weighted by Crippen LogP contribution is 2.19. The normalized spacial score (nSPS) is 10.0. The number of benzene rings is 2. The van der Waals surface area contributed by atoms with Gasteiger partial charge in [-0.2, -0.15) is 0 Å². The summed E-state index contributed by atoms with van der Waals surface area (Å²) >= 11 is 0. The lowest BCUT2D eigenvalue weighted by Gasteiger charge is -2.15. The molecule has 0 aliphatic heterocycles. The molecule has 0 radical (unpaired) electrons. The van der Waals surface area contributed by atoms with Crippen molar-refractivity contribution >= 4 is 34.6 Å². The van der Waals surface area contributed by atoms with Gasteiger partial charge in [-0.15, -0.1) is 0 Å². The Balaban J connectivity index is 2.03. The van der Waals surface area contributed by atoms with Gasteiger partial charge in [0.1, 0.15) is 0 Å². The summed E-state index contributed by atoms with van der Waals surface area (Å²) in [5.41, 5.74) is 3.02. The van der Waals surface area contributed by atoms with E-state index in [9.17, 15) is 9.59 Å². The van der Waals surface area contributed by atoms with E-state index < -0.39 is 11.8 Å². The predicted molar refractivity (Wildman–Crippen MR) is 98.8 cm³/mol. The molecule has 24 heavy (non-hydrogen) atoms. The Morgan fingerprint density at radius 3 is 1.42 bits per heavy atom. The van der Waals surface area contributed by atoms with E-state index in [1.165, 1.54) is 0 Å². The van der Waals surface area contributed by atoms with Gasteiger partial charge in [0.15, 0.2) is 0 Å². The summed E-state index contributed by atoms with van der Waals surface area (Å²) in [5, 5.41) is 5.21. The van der Waals surface area contributed by atoms with Crippen molar-refractivity contribution in [2.45, 2.75) is 0 Å². The highest BCUT2D eigenvalue weighted by atomic mass is 16.2. The second-order valence-corrected chi connectivity index (χ2v) is 5.80. The molecule has 0 bridgehead atoms. The lowest BCUT2D eigenvalue weighted by molar-refractivity contribution is -0.132. The van der Waals surface area contributed by atoms with Gasteiger partial charge in [0.25, 0.3) is 0 Å². The average Bonchev–Trinajstić information content (AvgIpc) is 2.55. The highest BCUT2D eigenvalue weighted by molar-refractivity contribution is 6.43. The zero-order chi connectivity index (χ0) is 17.7.